The van der Waals surface area contributed by atoms with Gasteiger partial charge in [-0.15, -0.1) is 0 Å². The normalized spacial score (nSPS) is 14.4. The molecule has 0 saturated heterocycles. The van der Waals surface area contributed by atoms with Gasteiger partial charge in [0.15, 0.2) is 12.4 Å². The highest BCUT2D eigenvalue weighted by Gasteiger charge is 2.30. The number of ketones is 1. The molecule has 0 radical (unpaired) electrons. The average Bonchev–Trinajstić information content (AvgIpc) is 2.65. The smallest absolute Gasteiger partial charge is 0.324 e. The molecule has 0 heterocycles. The molecule has 0 bridgehead atoms. The third-order valence-corrected chi connectivity index (χ3v) is 5.94. The van der Waals surface area contributed by atoms with Gasteiger partial charge >= 0.3 is 5.97 Å². The van der Waals surface area contributed by atoms with Gasteiger partial charge in [0, 0.05) is 5.56 Å². The Balaban J connectivity index is 2.68. The lowest BCUT2D eigenvalue weighted by atomic mass is 9.90. The van der Waals surface area contributed by atoms with Crippen LogP contribution in [0.4, 0.5) is 0 Å². The van der Waals surface area contributed by atoms with E-state index in [0.717, 1.165) is 0 Å². The number of esters is 1. The molecule has 9 nitrogen and oxygen atoms in total. The molecular formula is C19H25N3O6S. The van der Waals surface area contributed by atoms with Gasteiger partial charge in [0.05, 0.1) is 11.0 Å². The van der Waals surface area contributed by atoms with Gasteiger partial charge in [0.2, 0.25) is 10.0 Å². The first kappa shape index (κ1) is 24.3. The fraction of sp³-hybridized carbons (Fsp3) is 0.474. The molecule has 1 amide bonds. The number of benzene rings is 1. The van der Waals surface area contributed by atoms with Crippen LogP contribution in [-0.4, -0.2) is 44.3 Å². The second-order valence-electron chi connectivity index (χ2n) is 7.05. The lowest BCUT2D eigenvalue weighted by Gasteiger charge is -2.27. The molecule has 0 saturated carbocycles. The molecule has 0 aliphatic rings. The summed E-state index contributed by atoms with van der Waals surface area (Å²) in [6.45, 7) is 7.05. The summed E-state index contributed by atoms with van der Waals surface area (Å²) >= 11 is 0. The van der Waals surface area contributed by atoms with Crippen LogP contribution in [-0.2, 0) is 24.3 Å². The summed E-state index contributed by atoms with van der Waals surface area (Å²) in [5.41, 5.74) is -0.767. The Morgan fingerprint density at radius 2 is 1.72 bits per heavy atom. The highest BCUT2D eigenvalue weighted by Crippen LogP contribution is 2.15. The SMILES string of the molecule is CC(=O)c1ccc(S(=O)(=O)N[C@@H](C)C(=O)OCC(=O)N[C@@](C)(C#N)C(C)C)cc1. The number of Topliss-reactive ketones (excluding diaryl/α,β-unsaturated/α-hetero) is 1. The quantitative estimate of drug-likeness (QED) is 0.448. The fourth-order valence-corrected chi connectivity index (χ4v) is 3.30. The molecule has 0 aliphatic carbocycles. The maximum absolute atomic E-state index is 12.3. The van der Waals surface area contributed by atoms with Gasteiger partial charge in [-0.2, -0.15) is 9.98 Å². The van der Waals surface area contributed by atoms with Crippen LogP contribution in [0.1, 0.15) is 45.0 Å². The minimum absolute atomic E-state index is 0.124. The topological polar surface area (TPSA) is 142 Å². The van der Waals surface area contributed by atoms with Gasteiger partial charge in [-0.3, -0.25) is 14.4 Å². The molecule has 0 aromatic heterocycles. The Morgan fingerprint density at radius 1 is 1.17 bits per heavy atom. The van der Waals surface area contributed by atoms with Gasteiger partial charge in [0.25, 0.3) is 5.91 Å². The number of ether oxygens (including phenoxy) is 1. The summed E-state index contributed by atoms with van der Waals surface area (Å²) in [5.74, 6) is -2.01. The van der Waals surface area contributed by atoms with Crippen LogP contribution in [0.25, 0.3) is 0 Å². The molecule has 0 unspecified atom stereocenters. The van der Waals surface area contributed by atoms with Gasteiger partial charge in [0.1, 0.15) is 11.6 Å². The van der Waals surface area contributed by atoms with Crippen LogP contribution in [0.2, 0.25) is 0 Å². The molecule has 29 heavy (non-hydrogen) atoms. The minimum Gasteiger partial charge on any atom is -0.454 e. The number of hydrogen-bond acceptors (Lipinski definition) is 7. The van der Waals surface area contributed by atoms with Crippen molar-refractivity contribution in [2.45, 2.75) is 51.1 Å². The number of nitrogens with zero attached hydrogens (tertiary/aromatic N) is 1. The second kappa shape index (κ2) is 9.62. The lowest BCUT2D eigenvalue weighted by Crippen LogP contribution is -2.50. The highest BCUT2D eigenvalue weighted by molar-refractivity contribution is 7.89. The van der Waals surface area contributed by atoms with E-state index in [2.05, 4.69) is 10.0 Å². The van der Waals surface area contributed by atoms with E-state index in [1.54, 1.807) is 20.8 Å². The van der Waals surface area contributed by atoms with Crippen LogP contribution >= 0.6 is 0 Å². The minimum atomic E-state index is -4.04. The largest absolute Gasteiger partial charge is 0.454 e. The number of nitrogens with one attached hydrogen (secondary N) is 2. The lowest BCUT2D eigenvalue weighted by molar-refractivity contribution is -0.150. The Bertz CT molecular complexity index is 918. The molecule has 158 valence electrons. The van der Waals surface area contributed by atoms with E-state index < -0.39 is 40.1 Å². The zero-order chi connectivity index (χ0) is 22.4. The summed E-state index contributed by atoms with van der Waals surface area (Å²) in [6.07, 6.45) is 0. The van der Waals surface area contributed by atoms with Crippen molar-refractivity contribution in [1.82, 2.24) is 10.0 Å². The third kappa shape index (κ3) is 6.66. The highest BCUT2D eigenvalue weighted by atomic mass is 32.2. The Morgan fingerprint density at radius 3 is 2.17 bits per heavy atom. The van der Waals surface area contributed by atoms with E-state index in [1.807, 2.05) is 6.07 Å². The molecule has 0 aliphatic heterocycles. The van der Waals surface area contributed by atoms with Crippen molar-refractivity contribution in [2.24, 2.45) is 5.92 Å². The molecule has 10 heteroatoms. The first-order valence-electron chi connectivity index (χ1n) is 8.84. The number of carbonyl (C=O) groups is 3. The van der Waals surface area contributed by atoms with E-state index in [9.17, 15) is 28.1 Å². The Hall–Kier alpha value is -2.77. The molecular weight excluding hydrogens is 398 g/mol. The zero-order valence-corrected chi connectivity index (χ0v) is 17.8. The first-order valence-corrected chi connectivity index (χ1v) is 10.3. The maximum Gasteiger partial charge on any atom is 0.324 e. The van der Waals surface area contributed by atoms with Crippen molar-refractivity contribution in [2.75, 3.05) is 6.61 Å². The van der Waals surface area contributed by atoms with Crippen LogP contribution < -0.4 is 10.0 Å². The summed E-state index contributed by atoms with van der Waals surface area (Å²) in [5, 5.41) is 11.7. The molecule has 2 atom stereocenters. The van der Waals surface area contributed by atoms with Crippen LogP contribution in [0.15, 0.2) is 29.2 Å². The number of amides is 1. The van der Waals surface area contributed by atoms with E-state index in [1.165, 1.54) is 38.1 Å². The number of rotatable bonds is 9. The van der Waals surface area contributed by atoms with Gasteiger partial charge in [-0.1, -0.05) is 26.0 Å². The molecule has 1 aromatic rings. The van der Waals surface area contributed by atoms with Crippen LogP contribution in [0.5, 0.6) is 0 Å². The summed E-state index contributed by atoms with van der Waals surface area (Å²) in [4.78, 5) is 35.1. The summed E-state index contributed by atoms with van der Waals surface area (Å²) in [7, 11) is -4.04. The van der Waals surface area contributed by atoms with Gasteiger partial charge in [-0.25, -0.2) is 8.42 Å². The van der Waals surface area contributed by atoms with Crippen molar-refractivity contribution >= 4 is 27.7 Å². The average molecular weight is 423 g/mol. The fourth-order valence-electron chi connectivity index (χ4n) is 2.11. The Labute approximate surface area is 170 Å². The maximum atomic E-state index is 12.3. The third-order valence-electron chi connectivity index (χ3n) is 4.39. The van der Waals surface area contributed by atoms with Crippen molar-refractivity contribution in [3.05, 3.63) is 29.8 Å². The van der Waals surface area contributed by atoms with E-state index in [-0.39, 0.29) is 16.6 Å². The predicted molar refractivity (Wildman–Crippen MR) is 104 cm³/mol. The number of nitriles is 1. The number of carbonyl (C=O) groups excluding carboxylic acids is 3. The predicted octanol–water partition coefficient (Wildman–Crippen LogP) is 1.15. The van der Waals surface area contributed by atoms with Crippen LogP contribution in [0.3, 0.4) is 0 Å². The number of hydrogen-bond donors (Lipinski definition) is 2. The van der Waals surface area contributed by atoms with E-state index in [0.29, 0.717) is 5.56 Å². The summed E-state index contributed by atoms with van der Waals surface area (Å²) in [6, 6.07) is 5.97. The molecule has 2 N–H and O–H groups in total. The van der Waals surface area contributed by atoms with Crippen LogP contribution in [0, 0.1) is 17.2 Å². The van der Waals surface area contributed by atoms with Crippen molar-refractivity contribution < 1.29 is 27.5 Å². The second-order valence-corrected chi connectivity index (χ2v) is 8.76. The Kier molecular flexibility index (Phi) is 8.05. The van der Waals surface area contributed by atoms with E-state index in [4.69, 9.17) is 4.74 Å². The zero-order valence-electron chi connectivity index (χ0n) is 17.0. The molecule has 0 spiro atoms. The summed E-state index contributed by atoms with van der Waals surface area (Å²) < 4.78 is 31.7. The monoisotopic (exact) mass is 423 g/mol. The molecule has 1 rings (SSSR count). The number of sulfonamides is 1. The van der Waals surface area contributed by atoms with Gasteiger partial charge in [-0.05, 0) is 38.8 Å². The molecule has 1 aromatic carbocycles. The first-order chi connectivity index (χ1) is 13.3. The molecule has 0 fully saturated rings. The van der Waals surface area contributed by atoms with Gasteiger partial charge < -0.3 is 10.1 Å². The van der Waals surface area contributed by atoms with Crippen molar-refractivity contribution in [1.29, 1.82) is 5.26 Å². The van der Waals surface area contributed by atoms with Crippen molar-refractivity contribution in [3.8, 4) is 6.07 Å². The van der Waals surface area contributed by atoms with Crippen molar-refractivity contribution in [3.63, 3.8) is 0 Å². The standard InChI is InChI=1S/C19H25N3O6S/c1-12(2)19(5,11-20)21-17(24)10-28-18(25)13(3)22-29(26,27)16-8-6-15(7-9-16)14(4)23/h6-9,12-13,22H,10H2,1-5H3,(H,21,24)/t13-,19-/m0/s1. The van der Waals surface area contributed by atoms with E-state index >= 15 is 0 Å².